The van der Waals surface area contributed by atoms with Crippen LogP contribution in [0.25, 0.3) is 0 Å². The molecule has 0 spiro atoms. The summed E-state index contributed by atoms with van der Waals surface area (Å²) in [5, 5.41) is 8.77. The van der Waals surface area contributed by atoms with Crippen molar-refractivity contribution in [3.05, 3.63) is 65.5 Å². The number of hydrogen-bond donors (Lipinski definition) is 0. The zero-order valence-corrected chi connectivity index (χ0v) is 13.6. The average Bonchev–Trinajstić information content (AvgIpc) is 2.57. The van der Waals surface area contributed by atoms with E-state index in [0.717, 1.165) is 10.5 Å². The lowest BCUT2D eigenvalue weighted by Crippen LogP contribution is -2.26. The normalized spacial score (nSPS) is 10.1. The van der Waals surface area contributed by atoms with Crippen LogP contribution in [0.2, 0.25) is 0 Å². The van der Waals surface area contributed by atoms with Crippen LogP contribution in [0.4, 0.5) is 4.39 Å². The van der Waals surface area contributed by atoms with Gasteiger partial charge in [0.05, 0.1) is 11.6 Å². The molecular formula is C18H17FN2OS. The van der Waals surface area contributed by atoms with Gasteiger partial charge in [-0.2, -0.15) is 5.26 Å². The van der Waals surface area contributed by atoms with Gasteiger partial charge in [0.15, 0.2) is 0 Å². The third-order valence-electron chi connectivity index (χ3n) is 3.33. The van der Waals surface area contributed by atoms with E-state index < -0.39 is 0 Å². The van der Waals surface area contributed by atoms with Crippen molar-refractivity contribution in [2.45, 2.75) is 17.9 Å². The maximum Gasteiger partial charge on any atom is 0.223 e. The van der Waals surface area contributed by atoms with Crippen molar-refractivity contribution in [2.75, 3.05) is 12.8 Å². The van der Waals surface area contributed by atoms with Crippen molar-refractivity contribution in [1.29, 1.82) is 5.26 Å². The predicted octanol–water partition coefficient (Wildman–Crippen LogP) is 3.84. The smallest absolute Gasteiger partial charge is 0.223 e. The van der Waals surface area contributed by atoms with Gasteiger partial charge in [0.1, 0.15) is 5.82 Å². The van der Waals surface area contributed by atoms with Gasteiger partial charge in [-0.15, -0.1) is 11.8 Å². The minimum atomic E-state index is -0.257. The highest BCUT2D eigenvalue weighted by molar-refractivity contribution is 7.99. The molecule has 0 heterocycles. The molecule has 0 atom stereocenters. The van der Waals surface area contributed by atoms with Crippen molar-refractivity contribution in [3.8, 4) is 6.07 Å². The molecule has 2 aromatic rings. The maximum absolute atomic E-state index is 12.8. The van der Waals surface area contributed by atoms with Gasteiger partial charge in [0.25, 0.3) is 0 Å². The molecule has 0 aliphatic carbocycles. The monoisotopic (exact) mass is 328 g/mol. The standard InChI is InChI=1S/C18H17FN2OS/c1-21(13-15-4-2-14(12-20)3-5-15)18(22)10-11-23-17-8-6-16(19)7-9-17/h2-9H,10-11,13H2,1H3. The first kappa shape index (κ1) is 17.0. The Bertz CT molecular complexity index is 692. The molecule has 0 fully saturated rings. The van der Waals surface area contributed by atoms with E-state index in [0.29, 0.717) is 24.3 Å². The van der Waals surface area contributed by atoms with Crippen LogP contribution in [0.1, 0.15) is 17.5 Å². The maximum atomic E-state index is 12.8. The molecule has 0 saturated carbocycles. The first-order chi connectivity index (χ1) is 11.1. The summed E-state index contributed by atoms with van der Waals surface area (Å²) in [5.74, 6) is 0.457. The minimum Gasteiger partial charge on any atom is -0.341 e. The van der Waals surface area contributed by atoms with E-state index in [1.807, 2.05) is 12.1 Å². The molecule has 0 aliphatic rings. The summed E-state index contributed by atoms with van der Waals surface area (Å²) >= 11 is 1.54. The SMILES string of the molecule is CN(Cc1ccc(C#N)cc1)C(=O)CCSc1ccc(F)cc1. The summed E-state index contributed by atoms with van der Waals surface area (Å²) < 4.78 is 12.8. The van der Waals surface area contributed by atoms with Crippen LogP contribution in [0.3, 0.4) is 0 Å². The average molecular weight is 328 g/mol. The molecule has 5 heteroatoms. The Morgan fingerprint density at radius 3 is 2.43 bits per heavy atom. The molecule has 0 N–H and O–H groups in total. The van der Waals surface area contributed by atoms with Gasteiger partial charge < -0.3 is 4.90 Å². The van der Waals surface area contributed by atoms with Crippen LogP contribution in [0.5, 0.6) is 0 Å². The molecule has 0 bridgehead atoms. The molecule has 0 saturated heterocycles. The number of amides is 1. The van der Waals surface area contributed by atoms with Crippen molar-refractivity contribution in [1.82, 2.24) is 4.90 Å². The van der Waals surface area contributed by atoms with Crippen molar-refractivity contribution in [3.63, 3.8) is 0 Å². The highest BCUT2D eigenvalue weighted by Gasteiger charge is 2.09. The number of nitriles is 1. The van der Waals surface area contributed by atoms with Gasteiger partial charge in [0, 0.05) is 30.7 Å². The molecule has 0 aromatic heterocycles. The van der Waals surface area contributed by atoms with Gasteiger partial charge in [-0.25, -0.2) is 4.39 Å². The second-order valence-electron chi connectivity index (χ2n) is 5.11. The van der Waals surface area contributed by atoms with E-state index in [2.05, 4.69) is 6.07 Å². The van der Waals surface area contributed by atoms with E-state index in [1.54, 1.807) is 36.2 Å². The molecule has 1 amide bonds. The molecule has 0 aliphatic heterocycles. The Kier molecular flexibility index (Phi) is 6.19. The van der Waals surface area contributed by atoms with E-state index in [9.17, 15) is 9.18 Å². The predicted molar refractivity (Wildman–Crippen MR) is 89.4 cm³/mol. The lowest BCUT2D eigenvalue weighted by Gasteiger charge is -2.17. The summed E-state index contributed by atoms with van der Waals surface area (Å²) in [7, 11) is 1.77. The second-order valence-corrected chi connectivity index (χ2v) is 6.28. The summed E-state index contributed by atoms with van der Waals surface area (Å²) in [4.78, 5) is 14.7. The lowest BCUT2D eigenvalue weighted by molar-refractivity contribution is -0.129. The van der Waals surface area contributed by atoms with E-state index >= 15 is 0 Å². The van der Waals surface area contributed by atoms with Crippen LogP contribution >= 0.6 is 11.8 Å². The van der Waals surface area contributed by atoms with Crippen LogP contribution < -0.4 is 0 Å². The van der Waals surface area contributed by atoms with Gasteiger partial charge in [-0.05, 0) is 42.0 Å². The van der Waals surface area contributed by atoms with Gasteiger partial charge in [-0.3, -0.25) is 4.79 Å². The molecule has 2 rings (SSSR count). The van der Waals surface area contributed by atoms with Gasteiger partial charge in [-0.1, -0.05) is 12.1 Å². The quantitative estimate of drug-likeness (QED) is 0.757. The Morgan fingerprint density at radius 1 is 1.17 bits per heavy atom. The summed E-state index contributed by atoms with van der Waals surface area (Å²) in [6, 6.07) is 15.5. The summed E-state index contributed by atoms with van der Waals surface area (Å²) in [6.45, 7) is 0.520. The number of carbonyl (C=O) groups is 1. The molecule has 0 radical (unpaired) electrons. The fourth-order valence-corrected chi connectivity index (χ4v) is 2.87. The number of carbonyl (C=O) groups excluding carboxylic acids is 1. The first-order valence-corrected chi connectivity index (χ1v) is 8.18. The Labute approximate surface area is 139 Å². The fraction of sp³-hybridized carbons (Fsp3) is 0.222. The Balaban J connectivity index is 1.78. The second kappa shape index (κ2) is 8.35. The van der Waals surface area contributed by atoms with Gasteiger partial charge in [0.2, 0.25) is 5.91 Å². The first-order valence-electron chi connectivity index (χ1n) is 7.20. The van der Waals surface area contributed by atoms with Crippen LogP contribution in [-0.2, 0) is 11.3 Å². The molecule has 0 unspecified atom stereocenters. The number of hydrogen-bond acceptors (Lipinski definition) is 3. The number of benzene rings is 2. The zero-order chi connectivity index (χ0) is 16.7. The third kappa shape index (κ3) is 5.42. The summed E-state index contributed by atoms with van der Waals surface area (Å²) in [5.41, 5.74) is 1.60. The van der Waals surface area contributed by atoms with Crippen LogP contribution in [0.15, 0.2) is 53.4 Å². The van der Waals surface area contributed by atoms with Gasteiger partial charge >= 0.3 is 0 Å². The number of thioether (sulfide) groups is 1. The zero-order valence-electron chi connectivity index (χ0n) is 12.8. The highest BCUT2D eigenvalue weighted by atomic mass is 32.2. The number of nitrogens with zero attached hydrogens (tertiary/aromatic N) is 2. The van der Waals surface area contributed by atoms with Crippen molar-refractivity contribution >= 4 is 17.7 Å². The van der Waals surface area contributed by atoms with E-state index in [1.165, 1.54) is 23.9 Å². The van der Waals surface area contributed by atoms with E-state index in [4.69, 9.17) is 5.26 Å². The number of halogens is 1. The van der Waals surface area contributed by atoms with Crippen LogP contribution in [0, 0.1) is 17.1 Å². The molecule has 3 nitrogen and oxygen atoms in total. The largest absolute Gasteiger partial charge is 0.341 e. The van der Waals surface area contributed by atoms with E-state index in [-0.39, 0.29) is 11.7 Å². The molecule has 118 valence electrons. The third-order valence-corrected chi connectivity index (χ3v) is 4.34. The van der Waals surface area contributed by atoms with Crippen LogP contribution in [-0.4, -0.2) is 23.6 Å². The topological polar surface area (TPSA) is 44.1 Å². The lowest BCUT2D eigenvalue weighted by atomic mass is 10.1. The van der Waals surface area contributed by atoms with Crippen molar-refractivity contribution in [2.24, 2.45) is 0 Å². The summed E-state index contributed by atoms with van der Waals surface area (Å²) in [6.07, 6.45) is 0.425. The van der Waals surface area contributed by atoms with Crippen molar-refractivity contribution < 1.29 is 9.18 Å². The number of rotatable bonds is 6. The Hall–Kier alpha value is -2.32. The fourth-order valence-electron chi connectivity index (χ4n) is 2.02. The highest BCUT2D eigenvalue weighted by Crippen LogP contribution is 2.19. The molecule has 2 aromatic carbocycles. The minimum absolute atomic E-state index is 0.0592. The molecule has 23 heavy (non-hydrogen) atoms. The Morgan fingerprint density at radius 2 is 1.83 bits per heavy atom. The molecular weight excluding hydrogens is 311 g/mol.